The van der Waals surface area contributed by atoms with E-state index < -0.39 is 42.3 Å². The predicted octanol–water partition coefficient (Wildman–Crippen LogP) is 1.77. The van der Waals surface area contributed by atoms with Gasteiger partial charge in [-0.3, -0.25) is 9.59 Å². The normalized spacial score (nSPS) is 23.6. The molecule has 11 nitrogen and oxygen atoms in total. The fourth-order valence-electron chi connectivity index (χ4n) is 5.55. The molecule has 3 aliphatic rings. The number of hydrogen-bond donors (Lipinski definition) is 2. The van der Waals surface area contributed by atoms with Gasteiger partial charge in [-0.1, -0.05) is 30.3 Å². The van der Waals surface area contributed by atoms with E-state index in [4.69, 9.17) is 24.5 Å². The second-order valence-corrected chi connectivity index (χ2v) is 12.1. The quantitative estimate of drug-likeness (QED) is 0.409. The highest BCUT2D eigenvalue weighted by Gasteiger charge is 2.54. The smallest absolute Gasteiger partial charge is 0.402 e. The number of primary amides is 1. The standard InChI is InChI=1S/C29H45BN4O7/c1-28(2)29(3,4)41-30(40-28)24(12-8-11-21-9-6-5-7-10-21)32-26(36)22(19-25(35)33-13-16-38-17-14-33)23-20-39-18-15-34(23)27(31)37/h5-7,9-10,22-24H,8,11-20H2,1-4H3,(H2,31,37)(H,32,36)/t22-,23?,24+/m1/s1. The molecule has 12 heteroatoms. The topological polar surface area (TPSA) is 133 Å². The Morgan fingerprint density at radius 3 is 2.27 bits per heavy atom. The number of benzene rings is 1. The molecule has 0 bridgehead atoms. The monoisotopic (exact) mass is 572 g/mol. The summed E-state index contributed by atoms with van der Waals surface area (Å²) in [5.74, 6) is -1.86. The molecule has 0 spiro atoms. The van der Waals surface area contributed by atoms with E-state index in [1.54, 1.807) is 4.90 Å². The van der Waals surface area contributed by atoms with Crippen molar-refractivity contribution in [2.45, 2.75) is 76.6 Å². The molecule has 4 rings (SSSR count). The third-order valence-electron chi connectivity index (χ3n) is 8.76. The molecule has 3 atom stereocenters. The van der Waals surface area contributed by atoms with Crippen LogP contribution in [0, 0.1) is 5.92 Å². The first-order chi connectivity index (χ1) is 19.5. The van der Waals surface area contributed by atoms with Crippen LogP contribution in [0.2, 0.25) is 0 Å². The van der Waals surface area contributed by atoms with Crippen LogP contribution in [-0.2, 0) is 34.8 Å². The van der Waals surface area contributed by atoms with Gasteiger partial charge in [0.15, 0.2) is 0 Å². The molecule has 1 aromatic rings. The molecule has 1 unspecified atom stereocenters. The zero-order valence-corrected chi connectivity index (χ0v) is 24.8. The average molecular weight is 573 g/mol. The van der Waals surface area contributed by atoms with E-state index in [-0.39, 0.29) is 31.4 Å². The second-order valence-electron chi connectivity index (χ2n) is 12.1. The molecule has 3 heterocycles. The van der Waals surface area contributed by atoms with Crippen molar-refractivity contribution >= 4 is 25.0 Å². The number of hydrogen-bond acceptors (Lipinski definition) is 7. The van der Waals surface area contributed by atoms with Crippen molar-refractivity contribution in [3.8, 4) is 0 Å². The first-order valence-corrected chi connectivity index (χ1v) is 14.7. The van der Waals surface area contributed by atoms with Crippen molar-refractivity contribution in [3.63, 3.8) is 0 Å². The Kier molecular flexibility index (Phi) is 10.3. The summed E-state index contributed by atoms with van der Waals surface area (Å²) in [7, 11) is -0.676. The lowest BCUT2D eigenvalue weighted by atomic mass is 9.74. The van der Waals surface area contributed by atoms with Gasteiger partial charge in [-0.05, 0) is 52.5 Å². The highest BCUT2D eigenvalue weighted by atomic mass is 16.7. The number of carbonyl (C=O) groups excluding carboxylic acids is 3. The van der Waals surface area contributed by atoms with Gasteiger partial charge in [0.25, 0.3) is 0 Å². The van der Waals surface area contributed by atoms with E-state index in [0.29, 0.717) is 39.3 Å². The van der Waals surface area contributed by atoms with E-state index in [0.717, 1.165) is 12.8 Å². The zero-order valence-electron chi connectivity index (χ0n) is 24.8. The van der Waals surface area contributed by atoms with Crippen molar-refractivity contribution in [1.82, 2.24) is 15.1 Å². The highest BCUT2D eigenvalue weighted by molar-refractivity contribution is 6.48. The van der Waals surface area contributed by atoms with Crippen molar-refractivity contribution in [1.29, 1.82) is 0 Å². The largest absolute Gasteiger partial charge is 0.481 e. The van der Waals surface area contributed by atoms with E-state index >= 15 is 0 Å². The molecular formula is C29H45BN4O7. The van der Waals surface area contributed by atoms with Crippen molar-refractivity contribution < 1.29 is 33.2 Å². The van der Waals surface area contributed by atoms with Crippen LogP contribution < -0.4 is 11.1 Å². The number of urea groups is 1. The number of amides is 4. The van der Waals surface area contributed by atoms with Crippen LogP contribution in [0.3, 0.4) is 0 Å². The molecule has 1 aromatic carbocycles. The van der Waals surface area contributed by atoms with E-state index in [1.807, 2.05) is 45.9 Å². The summed E-state index contributed by atoms with van der Waals surface area (Å²) in [6.45, 7) is 10.4. The van der Waals surface area contributed by atoms with Crippen molar-refractivity contribution in [3.05, 3.63) is 35.9 Å². The van der Waals surface area contributed by atoms with Crippen LogP contribution in [-0.4, -0.2) is 104 Å². The van der Waals surface area contributed by atoms with Gasteiger partial charge in [0.05, 0.1) is 55.5 Å². The van der Waals surface area contributed by atoms with E-state index in [1.165, 1.54) is 10.5 Å². The minimum absolute atomic E-state index is 0.0796. The molecule has 3 fully saturated rings. The van der Waals surface area contributed by atoms with Crippen LogP contribution in [0.25, 0.3) is 0 Å². The molecule has 0 radical (unpaired) electrons. The summed E-state index contributed by atoms with van der Waals surface area (Å²) in [6, 6.07) is 8.86. The number of carbonyl (C=O) groups is 3. The molecule has 41 heavy (non-hydrogen) atoms. The van der Waals surface area contributed by atoms with E-state index in [2.05, 4.69) is 17.4 Å². The lowest BCUT2D eigenvalue weighted by Crippen LogP contribution is -2.59. The zero-order chi connectivity index (χ0) is 29.6. The van der Waals surface area contributed by atoms with Gasteiger partial charge in [-0.15, -0.1) is 0 Å². The number of rotatable bonds is 10. The Bertz CT molecular complexity index is 1030. The van der Waals surface area contributed by atoms with Gasteiger partial charge < -0.3 is 39.6 Å². The van der Waals surface area contributed by atoms with Gasteiger partial charge in [0.2, 0.25) is 11.8 Å². The molecule has 3 N–H and O–H groups in total. The Labute approximate surface area is 243 Å². The SMILES string of the molecule is CC1(C)OB([C@H](CCCc2ccccc2)NC(=O)[C@H](CC(=O)N2CCOCC2)C2COCCN2C(N)=O)OC1(C)C. The Morgan fingerprint density at radius 2 is 1.63 bits per heavy atom. The van der Waals surface area contributed by atoms with Crippen LogP contribution in [0.5, 0.6) is 0 Å². The van der Waals surface area contributed by atoms with Crippen molar-refractivity contribution in [2.24, 2.45) is 11.7 Å². The first kappa shape index (κ1) is 31.3. The molecular weight excluding hydrogens is 527 g/mol. The fourth-order valence-corrected chi connectivity index (χ4v) is 5.55. The predicted molar refractivity (Wildman–Crippen MR) is 154 cm³/mol. The Morgan fingerprint density at radius 1 is 1.00 bits per heavy atom. The van der Waals surface area contributed by atoms with Gasteiger partial charge in [-0.2, -0.15) is 0 Å². The summed E-state index contributed by atoms with van der Waals surface area (Å²) >= 11 is 0. The molecule has 3 aliphatic heterocycles. The molecule has 3 saturated heterocycles. The van der Waals surface area contributed by atoms with Crippen LogP contribution in [0.1, 0.15) is 52.5 Å². The molecule has 0 saturated carbocycles. The Balaban J connectivity index is 1.55. The summed E-state index contributed by atoms with van der Waals surface area (Å²) in [6.07, 6.45) is 2.14. The Hall–Kier alpha value is -2.67. The maximum atomic E-state index is 14.1. The third kappa shape index (κ3) is 7.79. The minimum Gasteiger partial charge on any atom is -0.402 e. The molecule has 0 aliphatic carbocycles. The molecule has 226 valence electrons. The minimum atomic E-state index is -0.864. The molecule has 0 aromatic heterocycles. The first-order valence-electron chi connectivity index (χ1n) is 14.7. The maximum Gasteiger partial charge on any atom is 0.481 e. The third-order valence-corrected chi connectivity index (χ3v) is 8.76. The average Bonchev–Trinajstić information content (AvgIpc) is 3.18. The lowest BCUT2D eigenvalue weighted by Gasteiger charge is -2.39. The maximum absolute atomic E-state index is 14.1. The van der Waals surface area contributed by atoms with Crippen LogP contribution in [0.15, 0.2) is 30.3 Å². The van der Waals surface area contributed by atoms with Crippen LogP contribution in [0.4, 0.5) is 4.79 Å². The summed E-state index contributed by atoms with van der Waals surface area (Å²) in [4.78, 5) is 42.9. The van der Waals surface area contributed by atoms with Gasteiger partial charge in [0.1, 0.15) is 0 Å². The number of ether oxygens (including phenoxy) is 2. The highest BCUT2D eigenvalue weighted by Crippen LogP contribution is 2.38. The number of aryl methyl sites for hydroxylation is 1. The fraction of sp³-hybridized carbons (Fsp3) is 0.690. The van der Waals surface area contributed by atoms with Gasteiger partial charge in [-0.25, -0.2) is 4.79 Å². The van der Waals surface area contributed by atoms with Crippen LogP contribution >= 0.6 is 0 Å². The van der Waals surface area contributed by atoms with E-state index in [9.17, 15) is 14.4 Å². The summed E-state index contributed by atoms with van der Waals surface area (Å²) < 4.78 is 23.8. The number of morpholine rings is 2. The van der Waals surface area contributed by atoms with Gasteiger partial charge in [0, 0.05) is 26.1 Å². The second kappa shape index (κ2) is 13.5. The number of nitrogens with one attached hydrogen (secondary N) is 1. The van der Waals surface area contributed by atoms with Crippen molar-refractivity contribution in [2.75, 3.05) is 46.1 Å². The van der Waals surface area contributed by atoms with Gasteiger partial charge >= 0.3 is 13.1 Å². The number of nitrogens with zero attached hydrogens (tertiary/aromatic N) is 2. The summed E-state index contributed by atoms with van der Waals surface area (Å²) in [5, 5.41) is 3.17. The number of nitrogens with two attached hydrogens (primary N) is 1. The lowest BCUT2D eigenvalue weighted by molar-refractivity contribution is -0.142. The molecule has 4 amide bonds. The summed E-state index contributed by atoms with van der Waals surface area (Å²) in [5.41, 5.74) is 5.75.